The fourth-order valence-electron chi connectivity index (χ4n) is 2.05. The van der Waals surface area contributed by atoms with Crippen LogP contribution >= 0.6 is 0 Å². The van der Waals surface area contributed by atoms with Crippen molar-refractivity contribution in [1.82, 2.24) is 5.32 Å². The van der Waals surface area contributed by atoms with Crippen molar-refractivity contribution in [1.29, 1.82) is 0 Å². The number of carboxylic acid groups (broad SMARTS) is 1. The average Bonchev–Trinajstić information content (AvgIpc) is 2.16. The molecule has 0 aromatic heterocycles. The summed E-state index contributed by atoms with van der Waals surface area (Å²) >= 11 is 0. The summed E-state index contributed by atoms with van der Waals surface area (Å²) in [4.78, 5) is 11.1. The molecule has 4 N–H and O–H groups in total. The summed E-state index contributed by atoms with van der Waals surface area (Å²) in [7, 11) is 2.11. The summed E-state index contributed by atoms with van der Waals surface area (Å²) in [6.07, 6.45) is 3.59. The number of carbonyl (C=O) groups is 1. The van der Waals surface area contributed by atoms with Crippen LogP contribution in [0.1, 0.15) is 19.3 Å². The molecule has 2 atom stereocenters. The summed E-state index contributed by atoms with van der Waals surface area (Å²) in [5.41, 5.74) is 4.95. The standard InChI is InChI=1S/C9H19BN2O2/c10-4-1-2-7-6-12-5-3-9(7,11)8(13)14/h7,12H,1-6,10-11H2,(H,13,14)/t7-,9?/m1/s1. The van der Waals surface area contributed by atoms with Gasteiger partial charge in [0.05, 0.1) is 0 Å². The van der Waals surface area contributed by atoms with Gasteiger partial charge in [0.1, 0.15) is 13.4 Å². The van der Waals surface area contributed by atoms with E-state index in [4.69, 9.17) is 10.8 Å². The minimum Gasteiger partial charge on any atom is -0.480 e. The van der Waals surface area contributed by atoms with Crippen LogP contribution in [-0.4, -0.2) is 37.6 Å². The molecular formula is C9H19BN2O2. The molecular weight excluding hydrogens is 179 g/mol. The van der Waals surface area contributed by atoms with Gasteiger partial charge in [0.15, 0.2) is 0 Å². The second kappa shape index (κ2) is 4.80. The quantitative estimate of drug-likeness (QED) is 0.517. The zero-order valence-electron chi connectivity index (χ0n) is 8.75. The molecule has 1 unspecified atom stereocenters. The first kappa shape index (κ1) is 11.5. The van der Waals surface area contributed by atoms with Crippen LogP contribution in [0.15, 0.2) is 0 Å². The van der Waals surface area contributed by atoms with Crippen molar-refractivity contribution in [2.45, 2.75) is 31.1 Å². The highest BCUT2D eigenvalue weighted by Crippen LogP contribution is 2.26. The Morgan fingerprint density at radius 1 is 1.71 bits per heavy atom. The first-order valence-corrected chi connectivity index (χ1v) is 5.34. The third kappa shape index (κ3) is 2.28. The molecule has 1 aliphatic heterocycles. The molecule has 0 aromatic carbocycles. The third-order valence-electron chi connectivity index (χ3n) is 3.14. The van der Waals surface area contributed by atoms with Gasteiger partial charge in [0.25, 0.3) is 0 Å². The fraction of sp³-hybridized carbons (Fsp3) is 0.889. The van der Waals surface area contributed by atoms with Crippen LogP contribution < -0.4 is 11.1 Å². The molecule has 0 aliphatic carbocycles. The Kier molecular flexibility index (Phi) is 3.95. The molecule has 0 radical (unpaired) electrons. The van der Waals surface area contributed by atoms with Crippen LogP contribution in [0.25, 0.3) is 0 Å². The molecule has 0 amide bonds. The van der Waals surface area contributed by atoms with Crippen LogP contribution in [0.4, 0.5) is 0 Å². The van der Waals surface area contributed by atoms with E-state index in [1.165, 1.54) is 0 Å². The van der Waals surface area contributed by atoms with Gasteiger partial charge in [-0.05, 0) is 19.4 Å². The molecule has 1 fully saturated rings. The lowest BCUT2D eigenvalue weighted by Gasteiger charge is -2.38. The Hall–Kier alpha value is -0.545. The second-order valence-corrected chi connectivity index (χ2v) is 4.14. The molecule has 4 nitrogen and oxygen atoms in total. The van der Waals surface area contributed by atoms with E-state index in [0.717, 1.165) is 25.7 Å². The van der Waals surface area contributed by atoms with Crippen molar-refractivity contribution >= 4 is 13.8 Å². The molecule has 14 heavy (non-hydrogen) atoms. The van der Waals surface area contributed by atoms with Gasteiger partial charge in [-0.25, -0.2) is 0 Å². The van der Waals surface area contributed by atoms with Gasteiger partial charge in [-0.15, -0.1) is 0 Å². The van der Waals surface area contributed by atoms with E-state index >= 15 is 0 Å². The van der Waals surface area contributed by atoms with Crippen molar-refractivity contribution in [3.63, 3.8) is 0 Å². The van der Waals surface area contributed by atoms with Gasteiger partial charge in [0.2, 0.25) is 0 Å². The van der Waals surface area contributed by atoms with Crippen LogP contribution in [0, 0.1) is 5.92 Å². The van der Waals surface area contributed by atoms with Gasteiger partial charge in [-0.3, -0.25) is 4.79 Å². The summed E-state index contributed by atoms with van der Waals surface area (Å²) < 4.78 is 0. The van der Waals surface area contributed by atoms with Gasteiger partial charge < -0.3 is 16.2 Å². The Labute approximate surface area is 85.7 Å². The highest BCUT2D eigenvalue weighted by atomic mass is 16.4. The van der Waals surface area contributed by atoms with Gasteiger partial charge >= 0.3 is 5.97 Å². The first-order valence-electron chi connectivity index (χ1n) is 5.34. The summed E-state index contributed by atoms with van der Waals surface area (Å²) in [5, 5.41) is 12.3. The number of carboxylic acids is 1. The van der Waals surface area contributed by atoms with Crippen LogP contribution in [0.2, 0.25) is 6.32 Å². The molecule has 5 heteroatoms. The lowest BCUT2D eigenvalue weighted by Crippen LogP contribution is -2.61. The number of hydrogen-bond acceptors (Lipinski definition) is 3. The predicted molar refractivity (Wildman–Crippen MR) is 58.1 cm³/mol. The van der Waals surface area contributed by atoms with E-state index in [1.807, 2.05) is 0 Å². The summed E-state index contributed by atoms with van der Waals surface area (Å²) in [5.74, 6) is -0.770. The molecule has 1 rings (SSSR count). The van der Waals surface area contributed by atoms with E-state index in [0.29, 0.717) is 13.0 Å². The molecule has 80 valence electrons. The number of nitrogens with one attached hydrogen (secondary N) is 1. The van der Waals surface area contributed by atoms with Crippen molar-refractivity contribution in [3.05, 3.63) is 0 Å². The average molecular weight is 198 g/mol. The highest BCUT2D eigenvalue weighted by Gasteiger charge is 2.43. The third-order valence-corrected chi connectivity index (χ3v) is 3.14. The maximum Gasteiger partial charge on any atom is 0.324 e. The minimum absolute atomic E-state index is 0.0775. The number of rotatable bonds is 4. The van der Waals surface area contributed by atoms with Crippen LogP contribution in [0.5, 0.6) is 0 Å². The zero-order valence-corrected chi connectivity index (χ0v) is 8.75. The molecule has 0 spiro atoms. The lowest BCUT2D eigenvalue weighted by molar-refractivity contribution is -0.146. The minimum atomic E-state index is -1.000. The van der Waals surface area contributed by atoms with Gasteiger partial charge in [-0.2, -0.15) is 0 Å². The number of piperidine rings is 1. The number of hydrogen-bond donors (Lipinski definition) is 3. The lowest BCUT2D eigenvalue weighted by atomic mass is 9.76. The molecule has 0 bridgehead atoms. The molecule has 1 saturated heterocycles. The van der Waals surface area contributed by atoms with Crippen molar-refractivity contribution < 1.29 is 9.90 Å². The Bertz CT molecular complexity index is 213. The molecule has 0 saturated carbocycles. The predicted octanol–water partition coefficient (Wildman–Crippen LogP) is -0.790. The molecule has 0 aromatic rings. The maximum atomic E-state index is 11.1. The highest BCUT2D eigenvalue weighted by molar-refractivity contribution is 6.08. The SMILES string of the molecule is BCCC[C@@H]1CNCCC1(N)C(=O)O. The van der Waals surface area contributed by atoms with E-state index in [2.05, 4.69) is 13.2 Å². The fourth-order valence-corrected chi connectivity index (χ4v) is 2.05. The van der Waals surface area contributed by atoms with E-state index in [9.17, 15) is 4.79 Å². The van der Waals surface area contributed by atoms with E-state index in [-0.39, 0.29) is 5.92 Å². The normalized spacial score (nSPS) is 32.8. The largest absolute Gasteiger partial charge is 0.480 e. The maximum absolute atomic E-state index is 11.1. The molecule has 1 heterocycles. The zero-order chi connectivity index (χ0) is 10.6. The smallest absolute Gasteiger partial charge is 0.324 e. The topological polar surface area (TPSA) is 75.3 Å². The Morgan fingerprint density at radius 2 is 2.43 bits per heavy atom. The van der Waals surface area contributed by atoms with E-state index in [1.54, 1.807) is 0 Å². The Morgan fingerprint density at radius 3 is 3.00 bits per heavy atom. The van der Waals surface area contributed by atoms with Crippen molar-refractivity contribution in [2.75, 3.05) is 13.1 Å². The molecule has 1 aliphatic rings. The monoisotopic (exact) mass is 198 g/mol. The van der Waals surface area contributed by atoms with E-state index < -0.39 is 11.5 Å². The first-order chi connectivity index (χ1) is 6.61. The van der Waals surface area contributed by atoms with Crippen molar-refractivity contribution in [3.8, 4) is 0 Å². The Balaban J connectivity index is 2.63. The van der Waals surface area contributed by atoms with Crippen molar-refractivity contribution in [2.24, 2.45) is 11.7 Å². The van der Waals surface area contributed by atoms with Gasteiger partial charge in [-0.1, -0.05) is 12.7 Å². The number of nitrogens with two attached hydrogens (primary N) is 1. The second-order valence-electron chi connectivity index (χ2n) is 4.14. The summed E-state index contributed by atoms with van der Waals surface area (Å²) in [6.45, 7) is 1.45. The number of aliphatic carboxylic acids is 1. The summed E-state index contributed by atoms with van der Waals surface area (Å²) in [6, 6.07) is 0. The van der Waals surface area contributed by atoms with Crippen LogP contribution in [0.3, 0.4) is 0 Å². The van der Waals surface area contributed by atoms with Crippen LogP contribution in [-0.2, 0) is 4.79 Å². The van der Waals surface area contributed by atoms with Gasteiger partial charge in [0, 0.05) is 12.5 Å².